The van der Waals surface area contributed by atoms with E-state index < -0.39 is 34.4 Å². The summed E-state index contributed by atoms with van der Waals surface area (Å²) in [5.74, 6) is -1.20. The Hall–Kier alpha value is -3.62. The zero-order valence-corrected chi connectivity index (χ0v) is 19.2. The summed E-state index contributed by atoms with van der Waals surface area (Å²) < 4.78 is 64.5. The van der Waals surface area contributed by atoms with Crippen molar-refractivity contribution in [3.8, 4) is 11.5 Å². The third kappa shape index (κ3) is 5.23. The Bertz CT molecular complexity index is 1420. The van der Waals surface area contributed by atoms with Gasteiger partial charge in [0.15, 0.2) is 11.5 Å². The fourth-order valence-electron chi connectivity index (χ4n) is 3.32. The van der Waals surface area contributed by atoms with Crippen LogP contribution in [0.4, 0.5) is 18.9 Å². The van der Waals surface area contributed by atoms with Crippen LogP contribution in [0.3, 0.4) is 0 Å². The molecule has 1 atom stereocenters. The maximum Gasteiger partial charge on any atom is 0.434 e. The van der Waals surface area contributed by atoms with Gasteiger partial charge >= 0.3 is 6.18 Å². The second-order valence-electron chi connectivity index (χ2n) is 7.19. The summed E-state index contributed by atoms with van der Waals surface area (Å²) in [4.78, 5) is 18.0. The molecule has 0 radical (unpaired) electrons. The first-order valence-corrected chi connectivity index (χ1v) is 11.3. The summed E-state index contributed by atoms with van der Waals surface area (Å²) >= 11 is 3.79. The summed E-state index contributed by atoms with van der Waals surface area (Å²) in [6.07, 6.45) is -0.122. The van der Waals surface area contributed by atoms with Gasteiger partial charge in [-0.25, -0.2) is 9.67 Å². The van der Waals surface area contributed by atoms with E-state index in [0.717, 1.165) is 11.0 Å². The molecule has 1 aromatic carbocycles. The van der Waals surface area contributed by atoms with Crippen molar-refractivity contribution < 1.29 is 26.7 Å². The number of carbonyl (C=O) groups is 1. The Morgan fingerprint density at radius 3 is 2.49 bits per heavy atom. The highest BCUT2D eigenvalue weighted by Crippen LogP contribution is 2.35. The van der Waals surface area contributed by atoms with Crippen LogP contribution in [-0.2, 0) is 23.0 Å². The van der Waals surface area contributed by atoms with E-state index in [2.05, 4.69) is 25.6 Å². The van der Waals surface area contributed by atoms with Crippen molar-refractivity contribution in [3.05, 3.63) is 76.5 Å². The minimum Gasteiger partial charge on any atom is -0.772 e. The van der Waals surface area contributed by atoms with Crippen molar-refractivity contribution in [2.75, 3.05) is 5.32 Å². The van der Waals surface area contributed by atoms with E-state index >= 15 is 0 Å². The van der Waals surface area contributed by atoms with Gasteiger partial charge in [-0.1, -0.05) is 34.8 Å². The van der Waals surface area contributed by atoms with Gasteiger partial charge in [-0.05, 0) is 30.2 Å². The van der Waals surface area contributed by atoms with Gasteiger partial charge in [0.1, 0.15) is 0 Å². The van der Waals surface area contributed by atoms with Crippen LogP contribution in [0.1, 0.15) is 27.2 Å². The number of halogens is 4. The van der Waals surface area contributed by atoms with E-state index in [0.29, 0.717) is 15.8 Å². The lowest BCUT2D eigenvalue weighted by Gasteiger charge is -2.15. The zero-order valence-electron chi connectivity index (χ0n) is 17.7. The van der Waals surface area contributed by atoms with Crippen molar-refractivity contribution in [2.45, 2.75) is 18.9 Å². The third-order valence-corrected chi connectivity index (χ3v) is 5.59. The predicted molar refractivity (Wildman–Crippen MR) is 118 cm³/mol. The molecule has 15 heteroatoms. The first kappa shape index (κ1) is 24.5. The van der Waals surface area contributed by atoms with Crippen LogP contribution in [0.15, 0.2) is 49.1 Å². The van der Waals surface area contributed by atoms with Gasteiger partial charge in [0.25, 0.3) is 5.91 Å². The van der Waals surface area contributed by atoms with Crippen LogP contribution < -0.4 is 5.32 Å². The second-order valence-corrected chi connectivity index (χ2v) is 8.49. The van der Waals surface area contributed by atoms with Crippen LogP contribution in [0.25, 0.3) is 11.5 Å². The van der Waals surface area contributed by atoms with Gasteiger partial charge in [-0.3, -0.25) is 9.00 Å². The molecule has 1 unspecified atom stereocenters. The highest BCUT2D eigenvalue weighted by Gasteiger charge is 2.41. The van der Waals surface area contributed by atoms with Crippen LogP contribution in [0, 0.1) is 6.92 Å². The van der Waals surface area contributed by atoms with E-state index in [9.17, 15) is 26.7 Å². The number of nitrogens with zero attached hydrogens (tertiary/aromatic N) is 6. The topological polar surface area (TPSA) is 131 Å². The van der Waals surface area contributed by atoms with Crippen molar-refractivity contribution in [2.24, 2.45) is 0 Å². The third-order valence-electron chi connectivity index (χ3n) is 4.74. The summed E-state index contributed by atoms with van der Waals surface area (Å²) in [6, 6.07) is 5.43. The van der Waals surface area contributed by atoms with Crippen LogP contribution in [0.2, 0.25) is 5.02 Å². The molecule has 4 aromatic rings. The van der Waals surface area contributed by atoms with Crippen molar-refractivity contribution >= 4 is 34.3 Å². The number of aryl methyl sites for hydroxylation is 1. The molecule has 4 rings (SSSR count). The molecule has 3 heterocycles. The maximum atomic E-state index is 14.0. The monoisotopic (exact) mass is 524 g/mol. The van der Waals surface area contributed by atoms with Crippen molar-refractivity contribution in [1.82, 2.24) is 29.8 Å². The quantitative estimate of drug-likeness (QED) is 0.382. The Morgan fingerprint density at radius 1 is 1.17 bits per heavy atom. The minimum atomic E-state index is -4.93. The molecule has 35 heavy (non-hydrogen) atoms. The molecular weight excluding hydrogens is 511 g/mol. The standard InChI is InChI=1S/C20H15ClF3N7O3S/c1-11-6-12(10-35(33)34)2-3-16(11)30-17(20(22,23)24)14(9-28-30)19(32)29-13-7-15(21)18(25-8-13)31-26-4-5-27-31/h2-9H,10H2,1H3,(H,29,32)(H,33,34)/p-1. The molecule has 10 nitrogen and oxygen atoms in total. The lowest BCUT2D eigenvalue weighted by molar-refractivity contribution is -0.143. The number of hydrogen-bond acceptors (Lipinski definition) is 7. The maximum absolute atomic E-state index is 14.0. The number of aromatic nitrogens is 6. The number of hydrogen-bond donors (Lipinski definition) is 1. The average Bonchev–Trinajstić information content (AvgIpc) is 3.43. The smallest absolute Gasteiger partial charge is 0.434 e. The predicted octanol–water partition coefficient (Wildman–Crippen LogP) is 3.46. The Balaban J connectivity index is 1.67. The summed E-state index contributed by atoms with van der Waals surface area (Å²) in [7, 11) is 0. The molecule has 0 saturated carbocycles. The number of rotatable bonds is 6. The number of benzene rings is 1. The number of carbonyl (C=O) groups excluding carboxylic acids is 1. The number of alkyl halides is 3. The summed E-state index contributed by atoms with van der Waals surface area (Å²) in [6.45, 7) is 1.51. The number of amides is 1. The fraction of sp³-hybridized carbons (Fsp3) is 0.150. The molecule has 0 aliphatic heterocycles. The fourth-order valence-corrected chi connectivity index (χ4v) is 4.01. The zero-order chi connectivity index (χ0) is 25.3. The normalized spacial score (nSPS) is 12.5. The summed E-state index contributed by atoms with van der Waals surface area (Å²) in [5.41, 5.74) is -1.20. The van der Waals surface area contributed by atoms with Gasteiger partial charge in [0.2, 0.25) is 0 Å². The molecule has 1 N–H and O–H groups in total. The van der Waals surface area contributed by atoms with E-state index in [1.807, 2.05) is 0 Å². The minimum absolute atomic E-state index is 0.0394. The lowest BCUT2D eigenvalue weighted by atomic mass is 10.1. The van der Waals surface area contributed by atoms with Gasteiger partial charge in [-0.2, -0.15) is 28.5 Å². The highest BCUT2D eigenvalue weighted by molar-refractivity contribution is 7.78. The lowest BCUT2D eigenvalue weighted by Crippen LogP contribution is -2.21. The van der Waals surface area contributed by atoms with Crippen LogP contribution in [-0.4, -0.2) is 44.4 Å². The van der Waals surface area contributed by atoms with Crippen LogP contribution >= 0.6 is 11.6 Å². The second kappa shape index (κ2) is 9.56. The first-order valence-electron chi connectivity index (χ1n) is 9.69. The van der Waals surface area contributed by atoms with Crippen molar-refractivity contribution in [1.29, 1.82) is 0 Å². The molecule has 0 saturated heterocycles. The first-order chi connectivity index (χ1) is 16.5. The van der Waals surface area contributed by atoms with E-state index in [-0.39, 0.29) is 28.0 Å². The molecule has 0 aliphatic carbocycles. The van der Waals surface area contributed by atoms with Gasteiger partial charge in [-0.15, -0.1) is 4.80 Å². The number of pyridine rings is 1. The Kier molecular flexibility index (Phi) is 6.69. The van der Waals surface area contributed by atoms with E-state index in [1.165, 1.54) is 49.8 Å². The number of nitrogens with one attached hydrogen (secondary N) is 1. The van der Waals surface area contributed by atoms with Gasteiger partial charge in [0.05, 0.1) is 46.7 Å². The molecule has 0 bridgehead atoms. The molecule has 0 spiro atoms. The van der Waals surface area contributed by atoms with Gasteiger partial charge < -0.3 is 9.87 Å². The van der Waals surface area contributed by atoms with Gasteiger partial charge in [0, 0.05) is 5.75 Å². The summed E-state index contributed by atoms with van der Waals surface area (Å²) in [5, 5.41) is 14.0. The van der Waals surface area contributed by atoms with Crippen LogP contribution in [0.5, 0.6) is 0 Å². The van der Waals surface area contributed by atoms with E-state index in [1.54, 1.807) is 0 Å². The Labute approximate surface area is 203 Å². The molecule has 0 fully saturated rings. The Morgan fingerprint density at radius 2 is 1.89 bits per heavy atom. The SMILES string of the molecule is Cc1cc(CS(=O)[O-])ccc1-n1ncc(C(=O)Nc2cnc(-n3nccn3)c(Cl)c2)c1C(F)(F)F. The number of anilines is 1. The molecular formula is C20H14ClF3N7O3S-. The van der Waals surface area contributed by atoms with E-state index in [4.69, 9.17) is 11.6 Å². The highest BCUT2D eigenvalue weighted by atomic mass is 35.5. The molecule has 3 aromatic heterocycles. The molecule has 182 valence electrons. The average molecular weight is 525 g/mol. The largest absolute Gasteiger partial charge is 0.772 e. The molecule has 1 amide bonds. The van der Waals surface area contributed by atoms with Crippen molar-refractivity contribution in [3.63, 3.8) is 0 Å². The molecule has 0 aliphatic rings.